The van der Waals surface area contributed by atoms with E-state index < -0.39 is 17.6 Å². The number of carbonyl (C=O) groups is 1. The molecule has 1 N–H and O–H groups in total. The SMILES string of the molecule is C[C@]1(O)CC[C@]2(C)C3CC[C@@]4(C)C(CC[C@@H]4CCC(=O)C(F)(F)F)C3CC[C@H]2C1. The maximum Gasteiger partial charge on any atom is 0.449 e. The molecule has 4 aliphatic rings. The van der Waals surface area contributed by atoms with Gasteiger partial charge in [0.25, 0.3) is 0 Å². The van der Waals surface area contributed by atoms with Gasteiger partial charge in [-0.1, -0.05) is 13.8 Å². The van der Waals surface area contributed by atoms with E-state index in [4.69, 9.17) is 0 Å². The van der Waals surface area contributed by atoms with E-state index in [1.807, 2.05) is 6.92 Å². The van der Waals surface area contributed by atoms with Crippen molar-refractivity contribution < 1.29 is 23.1 Å². The third kappa shape index (κ3) is 3.57. The monoisotopic (exact) mass is 414 g/mol. The van der Waals surface area contributed by atoms with Crippen molar-refractivity contribution in [2.45, 2.75) is 103 Å². The Labute approximate surface area is 173 Å². The normalized spacial score (nSPS) is 49.8. The molecule has 0 aromatic rings. The van der Waals surface area contributed by atoms with Crippen LogP contribution in [0.5, 0.6) is 0 Å². The lowest BCUT2D eigenvalue weighted by Crippen LogP contribution is -2.55. The Kier molecular flexibility index (Phi) is 5.20. The van der Waals surface area contributed by atoms with Crippen molar-refractivity contribution in [3.05, 3.63) is 0 Å². The minimum atomic E-state index is -4.69. The second kappa shape index (κ2) is 6.97. The molecule has 3 unspecified atom stereocenters. The minimum absolute atomic E-state index is 0.0937. The number of hydrogen-bond acceptors (Lipinski definition) is 2. The molecule has 0 radical (unpaired) electrons. The predicted molar refractivity (Wildman–Crippen MR) is 106 cm³/mol. The van der Waals surface area contributed by atoms with Crippen LogP contribution in [0.15, 0.2) is 0 Å². The lowest BCUT2D eigenvalue weighted by Gasteiger charge is -2.62. The number of rotatable bonds is 3. The van der Waals surface area contributed by atoms with Gasteiger partial charge in [-0.2, -0.15) is 13.2 Å². The molecule has 0 saturated heterocycles. The van der Waals surface area contributed by atoms with Gasteiger partial charge in [0, 0.05) is 6.42 Å². The molecule has 0 spiro atoms. The Morgan fingerprint density at radius 1 is 0.931 bits per heavy atom. The number of aliphatic hydroxyl groups is 1. The Bertz CT molecular complexity index is 657. The van der Waals surface area contributed by atoms with E-state index in [9.17, 15) is 23.1 Å². The van der Waals surface area contributed by atoms with Gasteiger partial charge in [-0.25, -0.2) is 0 Å². The highest BCUT2D eigenvalue weighted by Gasteiger charge is 2.60. The van der Waals surface area contributed by atoms with Gasteiger partial charge < -0.3 is 5.11 Å². The smallest absolute Gasteiger partial charge is 0.390 e. The highest BCUT2D eigenvalue weighted by Crippen LogP contribution is 2.68. The van der Waals surface area contributed by atoms with Crippen LogP contribution in [-0.2, 0) is 4.79 Å². The summed E-state index contributed by atoms with van der Waals surface area (Å²) in [6, 6.07) is 0. The summed E-state index contributed by atoms with van der Waals surface area (Å²) < 4.78 is 38.0. The number of ketones is 1. The largest absolute Gasteiger partial charge is 0.449 e. The van der Waals surface area contributed by atoms with Crippen LogP contribution in [0.2, 0.25) is 0 Å². The molecule has 0 aromatic heterocycles. The summed E-state index contributed by atoms with van der Waals surface area (Å²) >= 11 is 0. The number of fused-ring (bicyclic) bond motifs is 5. The quantitative estimate of drug-likeness (QED) is 0.588. The summed E-state index contributed by atoms with van der Waals surface area (Å²) in [7, 11) is 0. The van der Waals surface area contributed by atoms with E-state index in [1.54, 1.807) is 0 Å². The molecule has 5 heteroatoms. The standard InChI is InChI=1S/C24H37F3O2/c1-21(29)12-13-23(3)16(14-21)4-7-17-18-8-5-15(6-9-20(28)24(25,26)27)22(18,2)11-10-19(17)23/h15-19,29H,4-14H2,1-3H3/t15-,16+,17?,18?,19?,21+,22-,23+/m1/s1. The second-order valence-corrected chi connectivity index (χ2v) is 11.6. The Morgan fingerprint density at radius 2 is 1.62 bits per heavy atom. The van der Waals surface area contributed by atoms with Crippen molar-refractivity contribution >= 4 is 5.78 Å². The van der Waals surface area contributed by atoms with Gasteiger partial charge in [-0.15, -0.1) is 0 Å². The van der Waals surface area contributed by atoms with E-state index in [0.29, 0.717) is 35.5 Å². The zero-order valence-corrected chi connectivity index (χ0v) is 18.2. The van der Waals surface area contributed by atoms with Gasteiger partial charge in [0.2, 0.25) is 5.78 Å². The van der Waals surface area contributed by atoms with Crippen molar-refractivity contribution in [1.82, 2.24) is 0 Å². The summed E-state index contributed by atoms with van der Waals surface area (Å²) in [6.45, 7) is 6.75. The molecule has 8 atom stereocenters. The Morgan fingerprint density at radius 3 is 2.31 bits per heavy atom. The van der Waals surface area contributed by atoms with E-state index in [1.165, 1.54) is 12.8 Å². The summed E-state index contributed by atoms with van der Waals surface area (Å²) in [6.07, 6.45) is 4.97. The molecule has 0 aliphatic heterocycles. The number of carbonyl (C=O) groups excluding carboxylic acids is 1. The van der Waals surface area contributed by atoms with Gasteiger partial charge in [-0.05, 0) is 112 Å². The molecule has 2 nitrogen and oxygen atoms in total. The summed E-state index contributed by atoms with van der Waals surface area (Å²) in [5.41, 5.74) is -0.128. The average molecular weight is 415 g/mol. The molecule has 4 rings (SSSR count). The molecule has 4 fully saturated rings. The summed E-state index contributed by atoms with van der Waals surface area (Å²) in [5, 5.41) is 10.6. The van der Waals surface area contributed by atoms with Gasteiger partial charge in [0.05, 0.1) is 5.60 Å². The van der Waals surface area contributed by atoms with Crippen molar-refractivity contribution in [3.8, 4) is 0 Å². The van der Waals surface area contributed by atoms with Gasteiger partial charge in [-0.3, -0.25) is 4.79 Å². The first-order valence-electron chi connectivity index (χ1n) is 11.7. The van der Waals surface area contributed by atoms with Crippen LogP contribution < -0.4 is 0 Å². The van der Waals surface area contributed by atoms with E-state index in [2.05, 4.69) is 13.8 Å². The third-order valence-corrected chi connectivity index (χ3v) is 10.2. The fourth-order valence-corrected chi connectivity index (χ4v) is 8.46. The molecular formula is C24H37F3O2. The summed E-state index contributed by atoms with van der Waals surface area (Å²) in [5.74, 6) is 1.23. The number of alkyl halides is 3. The van der Waals surface area contributed by atoms with Crippen LogP contribution in [-0.4, -0.2) is 22.7 Å². The van der Waals surface area contributed by atoms with Crippen molar-refractivity contribution in [3.63, 3.8) is 0 Å². The molecule has 0 amide bonds. The fourth-order valence-electron chi connectivity index (χ4n) is 8.46. The topological polar surface area (TPSA) is 37.3 Å². The molecule has 0 bridgehead atoms. The van der Waals surface area contributed by atoms with E-state index in [0.717, 1.165) is 44.9 Å². The lowest BCUT2D eigenvalue weighted by molar-refractivity contribution is -0.171. The van der Waals surface area contributed by atoms with E-state index in [-0.39, 0.29) is 17.8 Å². The van der Waals surface area contributed by atoms with Gasteiger partial charge in [0.1, 0.15) is 0 Å². The van der Waals surface area contributed by atoms with Crippen LogP contribution in [0.3, 0.4) is 0 Å². The molecule has 29 heavy (non-hydrogen) atoms. The zero-order valence-electron chi connectivity index (χ0n) is 18.2. The van der Waals surface area contributed by atoms with Crippen LogP contribution >= 0.6 is 0 Å². The highest BCUT2D eigenvalue weighted by molar-refractivity contribution is 5.83. The van der Waals surface area contributed by atoms with Crippen LogP contribution in [0, 0.1) is 40.4 Å². The summed E-state index contributed by atoms with van der Waals surface area (Å²) in [4.78, 5) is 11.4. The number of Topliss-reactive ketones (excluding diaryl/α,β-unsaturated/α-hetero) is 1. The number of halogens is 3. The number of hydrogen-bond donors (Lipinski definition) is 1. The zero-order chi connectivity index (χ0) is 21.2. The first-order chi connectivity index (χ1) is 13.4. The first-order valence-corrected chi connectivity index (χ1v) is 11.7. The molecule has 4 aliphatic carbocycles. The van der Waals surface area contributed by atoms with Gasteiger partial charge >= 0.3 is 6.18 Å². The van der Waals surface area contributed by atoms with Crippen molar-refractivity contribution in [2.24, 2.45) is 40.4 Å². The average Bonchev–Trinajstić information content (AvgIpc) is 2.95. The van der Waals surface area contributed by atoms with Crippen LogP contribution in [0.25, 0.3) is 0 Å². The van der Waals surface area contributed by atoms with Crippen LogP contribution in [0.1, 0.15) is 91.4 Å². The fraction of sp³-hybridized carbons (Fsp3) is 0.958. The molecular weight excluding hydrogens is 377 g/mol. The maximum absolute atomic E-state index is 12.7. The molecule has 166 valence electrons. The molecule has 0 heterocycles. The lowest BCUT2D eigenvalue weighted by atomic mass is 9.44. The highest BCUT2D eigenvalue weighted by atomic mass is 19.4. The molecule has 4 saturated carbocycles. The van der Waals surface area contributed by atoms with Crippen molar-refractivity contribution in [1.29, 1.82) is 0 Å². The molecule has 0 aromatic carbocycles. The maximum atomic E-state index is 12.7. The Hall–Kier alpha value is -0.580. The van der Waals surface area contributed by atoms with Crippen LogP contribution in [0.4, 0.5) is 13.2 Å². The van der Waals surface area contributed by atoms with E-state index >= 15 is 0 Å². The first kappa shape index (κ1) is 21.6. The second-order valence-electron chi connectivity index (χ2n) is 11.6. The minimum Gasteiger partial charge on any atom is -0.390 e. The van der Waals surface area contributed by atoms with Gasteiger partial charge in [0.15, 0.2) is 0 Å². The van der Waals surface area contributed by atoms with Crippen molar-refractivity contribution in [2.75, 3.05) is 0 Å². The predicted octanol–water partition coefficient (Wildman–Crippen LogP) is 6.31. The Balaban J connectivity index is 1.47. The third-order valence-electron chi connectivity index (χ3n) is 10.2.